The smallest absolute Gasteiger partial charge is 0.147 e. The second-order valence-corrected chi connectivity index (χ2v) is 5.74. The molecule has 1 aromatic heterocycles. The van der Waals surface area contributed by atoms with Crippen molar-refractivity contribution < 1.29 is 4.39 Å². The number of hydrogen-bond donors (Lipinski definition) is 0. The average molecular weight is 344 g/mol. The Labute approximate surface area is 136 Å². The van der Waals surface area contributed by atoms with Gasteiger partial charge in [-0.15, -0.1) is 11.6 Å². The lowest BCUT2D eigenvalue weighted by Crippen LogP contribution is -2.04. The summed E-state index contributed by atoms with van der Waals surface area (Å²) in [6.45, 7) is 1.83. The van der Waals surface area contributed by atoms with Gasteiger partial charge in [0, 0.05) is 0 Å². The Bertz CT molecular complexity index is 822. The fraction of sp³-hybridized carbons (Fsp3) is 0.133. The number of alkyl halides is 1. The Hall–Kier alpha value is -1.29. The van der Waals surface area contributed by atoms with E-state index in [1.165, 1.54) is 6.07 Å². The summed E-state index contributed by atoms with van der Waals surface area (Å²) in [6, 6.07) is 8.23. The molecule has 6 heteroatoms. The Kier molecular flexibility index (Phi) is 3.82. The summed E-state index contributed by atoms with van der Waals surface area (Å²) in [7, 11) is 0. The molecule has 0 amide bonds. The summed E-state index contributed by atoms with van der Waals surface area (Å²) in [5, 5.41) is 0.792. The lowest BCUT2D eigenvalue weighted by Gasteiger charge is -2.12. The molecule has 3 rings (SSSR count). The molecule has 2 aromatic carbocycles. The van der Waals surface area contributed by atoms with Gasteiger partial charge in [0.1, 0.15) is 11.6 Å². The lowest BCUT2D eigenvalue weighted by atomic mass is 10.2. The number of benzene rings is 2. The zero-order valence-electron chi connectivity index (χ0n) is 11.0. The summed E-state index contributed by atoms with van der Waals surface area (Å²) in [5.41, 5.74) is 2.51. The molecule has 0 fully saturated rings. The van der Waals surface area contributed by atoms with Crippen LogP contribution in [-0.2, 0) is 5.88 Å². The topological polar surface area (TPSA) is 17.8 Å². The lowest BCUT2D eigenvalue weighted by molar-refractivity contribution is 0.616. The number of para-hydroxylation sites is 1. The van der Waals surface area contributed by atoms with Crippen LogP contribution in [0.15, 0.2) is 30.3 Å². The average Bonchev–Trinajstić information content (AvgIpc) is 2.77. The van der Waals surface area contributed by atoms with Crippen molar-refractivity contribution >= 4 is 45.8 Å². The van der Waals surface area contributed by atoms with Gasteiger partial charge in [0.05, 0.1) is 32.6 Å². The van der Waals surface area contributed by atoms with E-state index in [9.17, 15) is 4.39 Å². The normalized spacial score (nSPS) is 11.3. The van der Waals surface area contributed by atoms with Crippen LogP contribution in [0.3, 0.4) is 0 Å². The minimum atomic E-state index is -0.341. The molecule has 21 heavy (non-hydrogen) atoms. The second kappa shape index (κ2) is 5.48. The fourth-order valence-corrected chi connectivity index (χ4v) is 2.86. The first kappa shape index (κ1) is 14.6. The summed E-state index contributed by atoms with van der Waals surface area (Å²) in [5.74, 6) is 0.350. The summed E-state index contributed by atoms with van der Waals surface area (Å²) >= 11 is 18.1. The van der Waals surface area contributed by atoms with E-state index < -0.39 is 0 Å². The molecule has 2 nitrogen and oxygen atoms in total. The number of aryl methyl sites for hydroxylation is 1. The largest absolute Gasteiger partial charge is 0.292 e. The molecule has 0 aliphatic rings. The van der Waals surface area contributed by atoms with Gasteiger partial charge in [0.2, 0.25) is 0 Å². The molecule has 0 N–H and O–H groups in total. The number of imidazole rings is 1. The Morgan fingerprint density at radius 2 is 1.90 bits per heavy atom. The summed E-state index contributed by atoms with van der Waals surface area (Å²) in [6.07, 6.45) is 0. The Morgan fingerprint density at radius 3 is 2.57 bits per heavy atom. The molecule has 108 valence electrons. The molecule has 0 aliphatic heterocycles. The van der Waals surface area contributed by atoms with E-state index in [1.54, 1.807) is 22.8 Å². The van der Waals surface area contributed by atoms with E-state index in [4.69, 9.17) is 34.8 Å². The highest BCUT2D eigenvalue weighted by Crippen LogP contribution is 2.32. The number of hydrogen-bond acceptors (Lipinski definition) is 1. The van der Waals surface area contributed by atoms with Gasteiger partial charge in [-0.05, 0) is 30.7 Å². The van der Waals surface area contributed by atoms with Crippen LogP contribution in [0.2, 0.25) is 10.0 Å². The molecular formula is C15H10Cl3FN2. The molecular weight excluding hydrogens is 334 g/mol. The van der Waals surface area contributed by atoms with Crippen molar-refractivity contribution in [1.82, 2.24) is 9.55 Å². The molecule has 0 saturated carbocycles. The van der Waals surface area contributed by atoms with Crippen LogP contribution in [0.5, 0.6) is 0 Å². The van der Waals surface area contributed by atoms with Crippen LogP contribution < -0.4 is 0 Å². The standard InChI is InChI=1S/C15H10Cl3FN2/c1-8-3-2-4-11(19)15(8)21-13-6-10(18)9(17)5-12(13)20-14(21)7-16/h2-6H,7H2,1H3. The molecule has 0 radical (unpaired) electrons. The van der Waals surface area contributed by atoms with Crippen molar-refractivity contribution in [3.63, 3.8) is 0 Å². The first-order chi connectivity index (χ1) is 10.0. The highest BCUT2D eigenvalue weighted by Gasteiger charge is 2.17. The van der Waals surface area contributed by atoms with Crippen molar-refractivity contribution in [2.24, 2.45) is 0 Å². The van der Waals surface area contributed by atoms with Gasteiger partial charge >= 0.3 is 0 Å². The SMILES string of the molecule is Cc1cccc(F)c1-n1c(CCl)nc2cc(Cl)c(Cl)cc21. The third kappa shape index (κ3) is 2.39. The van der Waals surface area contributed by atoms with Crippen molar-refractivity contribution in [3.05, 3.63) is 57.6 Å². The number of fused-ring (bicyclic) bond motifs is 1. The Morgan fingerprint density at radius 1 is 1.19 bits per heavy atom. The zero-order valence-corrected chi connectivity index (χ0v) is 13.3. The van der Waals surface area contributed by atoms with Crippen LogP contribution in [-0.4, -0.2) is 9.55 Å². The quantitative estimate of drug-likeness (QED) is 0.560. The maximum absolute atomic E-state index is 14.3. The zero-order chi connectivity index (χ0) is 15.1. The van der Waals surface area contributed by atoms with Crippen LogP contribution in [0, 0.1) is 12.7 Å². The third-order valence-electron chi connectivity index (χ3n) is 3.30. The number of aromatic nitrogens is 2. The Balaban J connectivity index is 2.43. The van der Waals surface area contributed by atoms with Gasteiger partial charge in [-0.1, -0.05) is 35.3 Å². The molecule has 0 atom stereocenters. The molecule has 1 heterocycles. The van der Waals surface area contributed by atoms with Gasteiger partial charge in [0.25, 0.3) is 0 Å². The predicted molar refractivity (Wildman–Crippen MR) is 85.3 cm³/mol. The number of rotatable bonds is 2. The molecule has 0 unspecified atom stereocenters. The van der Waals surface area contributed by atoms with Gasteiger partial charge in [-0.2, -0.15) is 0 Å². The highest BCUT2D eigenvalue weighted by molar-refractivity contribution is 6.42. The maximum Gasteiger partial charge on any atom is 0.147 e. The highest BCUT2D eigenvalue weighted by atomic mass is 35.5. The first-order valence-electron chi connectivity index (χ1n) is 6.20. The first-order valence-corrected chi connectivity index (χ1v) is 7.49. The molecule has 0 spiro atoms. The van der Waals surface area contributed by atoms with Crippen LogP contribution in [0.4, 0.5) is 4.39 Å². The fourth-order valence-electron chi connectivity index (χ4n) is 2.37. The van der Waals surface area contributed by atoms with Crippen LogP contribution >= 0.6 is 34.8 Å². The van der Waals surface area contributed by atoms with Gasteiger partial charge in [-0.25, -0.2) is 9.37 Å². The number of halogens is 4. The van der Waals surface area contributed by atoms with E-state index in [0.717, 1.165) is 5.56 Å². The van der Waals surface area contributed by atoms with Crippen molar-refractivity contribution in [2.45, 2.75) is 12.8 Å². The number of nitrogens with zero attached hydrogens (tertiary/aromatic N) is 2. The third-order valence-corrected chi connectivity index (χ3v) is 4.26. The summed E-state index contributed by atoms with van der Waals surface area (Å²) in [4.78, 5) is 4.41. The second-order valence-electron chi connectivity index (χ2n) is 4.66. The van der Waals surface area contributed by atoms with Gasteiger partial charge in [0.15, 0.2) is 0 Å². The van der Waals surface area contributed by atoms with E-state index in [-0.39, 0.29) is 11.7 Å². The van der Waals surface area contributed by atoms with Gasteiger partial charge in [-0.3, -0.25) is 4.57 Å². The van der Waals surface area contributed by atoms with Crippen molar-refractivity contribution in [3.8, 4) is 5.69 Å². The molecule has 0 bridgehead atoms. The minimum Gasteiger partial charge on any atom is -0.292 e. The van der Waals surface area contributed by atoms with E-state index in [1.807, 2.05) is 13.0 Å². The summed E-state index contributed by atoms with van der Waals surface area (Å²) < 4.78 is 16.0. The van der Waals surface area contributed by atoms with Gasteiger partial charge < -0.3 is 0 Å². The van der Waals surface area contributed by atoms with Crippen molar-refractivity contribution in [1.29, 1.82) is 0 Å². The maximum atomic E-state index is 14.3. The molecule has 0 aliphatic carbocycles. The van der Waals surface area contributed by atoms with Crippen LogP contribution in [0.25, 0.3) is 16.7 Å². The predicted octanol–water partition coefficient (Wildman–Crippen LogP) is 5.52. The monoisotopic (exact) mass is 342 g/mol. The van der Waals surface area contributed by atoms with E-state index in [2.05, 4.69) is 4.98 Å². The van der Waals surface area contributed by atoms with E-state index in [0.29, 0.717) is 32.6 Å². The molecule has 3 aromatic rings. The van der Waals surface area contributed by atoms with E-state index >= 15 is 0 Å². The minimum absolute atomic E-state index is 0.150. The van der Waals surface area contributed by atoms with Crippen LogP contribution in [0.1, 0.15) is 11.4 Å². The molecule has 0 saturated heterocycles. The van der Waals surface area contributed by atoms with Crippen molar-refractivity contribution in [2.75, 3.05) is 0 Å².